The molecule has 0 unspecified atom stereocenters. The summed E-state index contributed by atoms with van der Waals surface area (Å²) in [6.45, 7) is 6.76. The number of aromatic nitrogens is 1. The van der Waals surface area contributed by atoms with Crippen molar-refractivity contribution in [1.82, 2.24) is 15.2 Å². The Bertz CT molecular complexity index is 832. The van der Waals surface area contributed by atoms with E-state index in [1.165, 1.54) is 0 Å². The van der Waals surface area contributed by atoms with Gasteiger partial charge in [0.2, 0.25) is 5.91 Å². The third-order valence-corrected chi connectivity index (χ3v) is 6.83. The van der Waals surface area contributed by atoms with E-state index in [2.05, 4.69) is 35.1 Å². The molecule has 0 atom stereocenters. The van der Waals surface area contributed by atoms with Crippen LogP contribution in [0.25, 0.3) is 10.8 Å². The van der Waals surface area contributed by atoms with Crippen molar-refractivity contribution < 1.29 is 9.53 Å². The predicted molar refractivity (Wildman–Crippen MR) is 121 cm³/mol. The highest BCUT2D eigenvalue weighted by atomic mass is 16.5. The Labute approximate surface area is 180 Å². The van der Waals surface area contributed by atoms with E-state index in [0.717, 1.165) is 68.1 Å². The van der Waals surface area contributed by atoms with Gasteiger partial charge in [-0.05, 0) is 83.5 Å². The van der Waals surface area contributed by atoms with Gasteiger partial charge in [0.05, 0.1) is 6.10 Å². The Balaban J connectivity index is 1.21. The van der Waals surface area contributed by atoms with Gasteiger partial charge >= 0.3 is 0 Å². The summed E-state index contributed by atoms with van der Waals surface area (Å²) in [6, 6.07) is 9.06. The minimum absolute atomic E-state index is 0.220. The van der Waals surface area contributed by atoms with Gasteiger partial charge in [-0.3, -0.25) is 9.78 Å². The zero-order valence-electron chi connectivity index (χ0n) is 18.3. The van der Waals surface area contributed by atoms with Gasteiger partial charge in [-0.15, -0.1) is 0 Å². The molecule has 1 aliphatic carbocycles. The van der Waals surface area contributed by atoms with Crippen molar-refractivity contribution in [2.75, 3.05) is 13.1 Å². The number of carbonyl (C=O) groups is 1. The number of amides is 1. The van der Waals surface area contributed by atoms with Crippen molar-refractivity contribution in [1.29, 1.82) is 0 Å². The number of piperidine rings is 1. The fourth-order valence-corrected chi connectivity index (χ4v) is 4.92. The van der Waals surface area contributed by atoms with Gasteiger partial charge in [0, 0.05) is 41.7 Å². The van der Waals surface area contributed by atoms with Crippen LogP contribution in [0.2, 0.25) is 0 Å². The molecule has 0 spiro atoms. The van der Waals surface area contributed by atoms with Crippen molar-refractivity contribution in [3.63, 3.8) is 0 Å². The van der Waals surface area contributed by atoms with Crippen molar-refractivity contribution in [3.8, 4) is 5.75 Å². The van der Waals surface area contributed by atoms with E-state index in [0.29, 0.717) is 24.4 Å². The summed E-state index contributed by atoms with van der Waals surface area (Å²) < 4.78 is 6.33. The summed E-state index contributed by atoms with van der Waals surface area (Å²) in [7, 11) is 0. The number of pyridine rings is 1. The van der Waals surface area contributed by atoms with Gasteiger partial charge in [-0.2, -0.15) is 0 Å². The number of nitrogens with one attached hydrogen (secondary N) is 1. The molecular weight excluding hydrogens is 374 g/mol. The van der Waals surface area contributed by atoms with Gasteiger partial charge in [-0.25, -0.2) is 0 Å². The largest absolute Gasteiger partial charge is 0.490 e. The van der Waals surface area contributed by atoms with Gasteiger partial charge in [-0.1, -0.05) is 12.1 Å². The van der Waals surface area contributed by atoms with Crippen LogP contribution in [0, 0.1) is 5.92 Å². The molecule has 2 fully saturated rings. The maximum Gasteiger partial charge on any atom is 0.220 e. The lowest BCUT2D eigenvalue weighted by molar-refractivity contribution is -0.123. The third-order valence-electron chi connectivity index (χ3n) is 6.83. The molecule has 5 nitrogen and oxygen atoms in total. The number of rotatable bonds is 6. The van der Waals surface area contributed by atoms with E-state index in [9.17, 15) is 4.79 Å². The lowest BCUT2D eigenvalue weighted by Crippen LogP contribution is -2.42. The molecule has 2 aromatic rings. The minimum atomic E-state index is 0.220. The van der Waals surface area contributed by atoms with Crippen LogP contribution < -0.4 is 10.1 Å². The average molecular weight is 410 g/mol. The number of ether oxygens (including phenoxy) is 1. The highest BCUT2D eigenvalue weighted by Gasteiger charge is 2.26. The van der Waals surface area contributed by atoms with Crippen LogP contribution >= 0.6 is 0 Å². The smallest absolute Gasteiger partial charge is 0.220 e. The number of fused-ring (bicyclic) bond motifs is 1. The first-order chi connectivity index (χ1) is 14.6. The van der Waals surface area contributed by atoms with E-state index in [-0.39, 0.29) is 12.0 Å². The molecule has 5 heteroatoms. The SMILES string of the molecule is CC(C)N1CCC(CC(=O)NC2CCC(Oc3cccc4cnccc34)CC2)CC1. The predicted octanol–water partition coefficient (Wildman–Crippen LogP) is 4.55. The fourth-order valence-electron chi connectivity index (χ4n) is 4.92. The van der Waals surface area contributed by atoms with Crippen LogP contribution in [0.4, 0.5) is 0 Å². The fraction of sp³-hybridized carbons (Fsp3) is 0.600. The van der Waals surface area contributed by atoms with Gasteiger partial charge in [0.15, 0.2) is 0 Å². The summed E-state index contributed by atoms with van der Waals surface area (Å²) in [5.41, 5.74) is 0. The van der Waals surface area contributed by atoms with Crippen molar-refractivity contribution in [2.45, 2.75) is 77.0 Å². The highest BCUT2D eigenvalue weighted by Crippen LogP contribution is 2.29. The number of carbonyl (C=O) groups excluding carboxylic acids is 1. The van der Waals surface area contributed by atoms with Crippen LogP contribution in [-0.4, -0.2) is 47.1 Å². The summed E-state index contributed by atoms with van der Waals surface area (Å²) in [6.07, 6.45) is 10.8. The molecule has 4 rings (SSSR count). The Morgan fingerprint density at radius 3 is 2.63 bits per heavy atom. The molecule has 1 N–H and O–H groups in total. The van der Waals surface area contributed by atoms with Crippen molar-refractivity contribution >= 4 is 16.7 Å². The summed E-state index contributed by atoms with van der Waals surface area (Å²) >= 11 is 0. The second kappa shape index (κ2) is 9.78. The Morgan fingerprint density at radius 1 is 1.13 bits per heavy atom. The third kappa shape index (κ3) is 5.31. The quantitative estimate of drug-likeness (QED) is 0.760. The highest BCUT2D eigenvalue weighted by molar-refractivity contribution is 5.87. The summed E-state index contributed by atoms with van der Waals surface area (Å²) in [5.74, 6) is 1.72. The second-order valence-electron chi connectivity index (χ2n) is 9.29. The molecular formula is C25H35N3O2. The molecule has 0 radical (unpaired) electrons. The lowest BCUT2D eigenvalue weighted by atomic mass is 9.90. The number of hydrogen-bond acceptors (Lipinski definition) is 4. The molecule has 1 aromatic heterocycles. The van der Waals surface area contributed by atoms with E-state index >= 15 is 0 Å². The average Bonchev–Trinajstić information content (AvgIpc) is 2.76. The van der Waals surface area contributed by atoms with Crippen molar-refractivity contribution in [2.24, 2.45) is 5.92 Å². The molecule has 0 bridgehead atoms. The molecule has 2 aliphatic rings. The first-order valence-corrected chi connectivity index (χ1v) is 11.6. The lowest BCUT2D eigenvalue weighted by Gasteiger charge is -2.35. The van der Waals surface area contributed by atoms with Crippen molar-refractivity contribution in [3.05, 3.63) is 36.7 Å². The van der Waals surface area contributed by atoms with Crippen LogP contribution in [0.5, 0.6) is 5.75 Å². The first kappa shape index (κ1) is 21.1. The van der Waals surface area contributed by atoms with Gasteiger partial charge in [0.25, 0.3) is 0 Å². The minimum Gasteiger partial charge on any atom is -0.490 e. The Hall–Kier alpha value is -2.14. The molecule has 1 amide bonds. The summed E-state index contributed by atoms with van der Waals surface area (Å²) in [4.78, 5) is 19.3. The van der Waals surface area contributed by atoms with E-state index in [1.807, 2.05) is 30.6 Å². The molecule has 30 heavy (non-hydrogen) atoms. The number of hydrogen-bond donors (Lipinski definition) is 1. The van der Waals surface area contributed by atoms with E-state index in [1.54, 1.807) is 0 Å². The zero-order chi connectivity index (χ0) is 20.9. The summed E-state index contributed by atoms with van der Waals surface area (Å²) in [5, 5.41) is 5.52. The molecule has 1 aromatic carbocycles. The molecule has 1 aliphatic heterocycles. The van der Waals surface area contributed by atoms with Crippen LogP contribution in [0.3, 0.4) is 0 Å². The number of nitrogens with zero attached hydrogens (tertiary/aromatic N) is 2. The Morgan fingerprint density at radius 2 is 1.90 bits per heavy atom. The van der Waals surface area contributed by atoms with Crippen LogP contribution in [-0.2, 0) is 4.79 Å². The Kier molecular flexibility index (Phi) is 6.88. The standard InChI is InChI=1S/C25H35N3O2/c1-18(2)28-14-11-19(12-15-28)16-25(29)27-21-6-8-22(9-7-21)30-24-5-3-4-20-17-26-13-10-23(20)24/h3-5,10,13,17-19,21-22H,6-9,11-12,14-16H2,1-2H3,(H,27,29). The van der Waals surface area contributed by atoms with Crippen LogP contribution in [0.15, 0.2) is 36.7 Å². The monoisotopic (exact) mass is 409 g/mol. The number of likely N-dealkylation sites (tertiary alicyclic amines) is 1. The second-order valence-corrected chi connectivity index (χ2v) is 9.29. The van der Waals surface area contributed by atoms with E-state index in [4.69, 9.17) is 4.74 Å². The molecule has 1 saturated carbocycles. The molecule has 2 heterocycles. The molecule has 162 valence electrons. The van der Waals surface area contributed by atoms with Gasteiger partial charge < -0.3 is 15.0 Å². The zero-order valence-corrected chi connectivity index (χ0v) is 18.3. The van der Waals surface area contributed by atoms with Gasteiger partial charge in [0.1, 0.15) is 5.75 Å². The van der Waals surface area contributed by atoms with Crippen LogP contribution in [0.1, 0.15) is 58.8 Å². The molecule has 1 saturated heterocycles. The number of benzene rings is 1. The normalized spacial score (nSPS) is 23.6. The maximum absolute atomic E-state index is 12.6. The first-order valence-electron chi connectivity index (χ1n) is 11.6. The topological polar surface area (TPSA) is 54.5 Å². The maximum atomic E-state index is 12.6. The van der Waals surface area contributed by atoms with E-state index < -0.39 is 0 Å².